The van der Waals surface area contributed by atoms with Crippen molar-refractivity contribution >= 4 is 23.0 Å². The highest BCUT2D eigenvalue weighted by molar-refractivity contribution is 5.98. The highest BCUT2D eigenvalue weighted by Crippen LogP contribution is 2.31. The lowest BCUT2D eigenvalue weighted by Gasteiger charge is -2.11. The average molecular weight is 290 g/mol. The fourth-order valence-electron chi connectivity index (χ4n) is 1.87. The summed E-state index contributed by atoms with van der Waals surface area (Å²) in [4.78, 5) is 21.5. The summed E-state index contributed by atoms with van der Waals surface area (Å²) in [6, 6.07) is 7.77. The van der Waals surface area contributed by atoms with Gasteiger partial charge >= 0.3 is 5.97 Å². The van der Waals surface area contributed by atoms with E-state index in [2.05, 4.69) is 5.32 Å². The molecule has 0 saturated carbocycles. The number of nitrogens with zero attached hydrogens (tertiary/aromatic N) is 1. The van der Waals surface area contributed by atoms with Gasteiger partial charge in [0.25, 0.3) is 5.69 Å². The molecule has 0 aliphatic heterocycles. The minimum Gasteiger partial charge on any atom is -0.478 e. The third kappa shape index (κ3) is 2.97. The summed E-state index contributed by atoms with van der Waals surface area (Å²) in [5.41, 5.74) is -0.0229. The van der Waals surface area contributed by atoms with Crippen molar-refractivity contribution in [3.63, 3.8) is 0 Å². The molecule has 0 aromatic heterocycles. The lowest BCUT2D eigenvalue weighted by molar-refractivity contribution is -0.383. The zero-order chi connectivity index (χ0) is 15.6. The van der Waals surface area contributed by atoms with E-state index in [0.29, 0.717) is 11.3 Å². The fraction of sp³-hybridized carbons (Fsp3) is 0.0714. The first kappa shape index (κ1) is 14.4. The number of para-hydroxylation sites is 1. The van der Waals surface area contributed by atoms with Crippen LogP contribution in [-0.2, 0) is 0 Å². The molecule has 0 unspecified atom stereocenters. The smallest absolute Gasteiger partial charge is 0.338 e. The lowest BCUT2D eigenvalue weighted by atomic mass is 10.1. The van der Waals surface area contributed by atoms with Gasteiger partial charge in [0.15, 0.2) is 0 Å². The number of nitro groups is 1. The molecule has 0 fully saturated rings. The largest absolute Gasteiger partial charge is 0.478 e. The van der Waals surface area contributed by atoms with Crippen molar-refractivity contribution in [1.82, 2.24) is 0 Å². The zero-order valence-electron chi connectivity index (χ0n) is 11.0. The molecule has 108 valence electrons. The van der Waals surface area contributed by atoms with Gasteiger partial charge in [0.1, 0.15) is 11.5 Å². The quantitative estimate of drug-likeness (QED) is 0.664. The van der Waals surface area contributed by atoms with Crippen molar-refractivity contribution in [3.05, 3.63) is 63.5 Å². The van der Waals surface area contributed by atoms with Crippen LogP contribution < -0.4 is 5.32 Å². The van der Waals surface area contributed by atoms with Crippen LogP contribution in [-0.4, -0.2) is 16.0 Å². The van der Waals surface area contributed by atoms with Crippen molar-refractivity contribution < 1.29 is 19.2 Å². The first-order valence-electron chi connectivity index (χ1n) is 5.94. The number of nitrogens with one attached hydrogen (secondary N) is 1. The van der Waals surface area contributed by atoms with Crippen molar-refractivity contribution in [1.29, 1.82) is 0 Å². The van der Waals surface area contributed by atoms with Gasteiger partial charge in [-0.25, -0.2) is 9.18 Å². The van der Waals surface area contributed by atoms with Gasteiger partial charge in [0.2, 0.25) is 0 Å². The maximum Gasteiger partial charge on any atom is 0.338 e. The minimum absolute atomic E-state index is 0.138. The van der Waals surface area contributed by atoms with Crippen LogP contribution in [0.3, 0.4) is 0 Å². The summed E-state index contributed by atoms with van der Waals surface area (Å²) < 4.78 is 13.2. The molecule has 7 heteroatoms. The minimum atomic E-state index is -1.29. The Kier molecular flexibility index (Phi) is 3.84. The number of aryl methyl sites for hydroxylation is 1. The topological polar surface area (TPSA) is 92.5 Å². The Morgan fingerprint density at radius 1 is 1.33 bits per heavy atom. The molecule has 0 spiro atoms. The van der Waals surface area contributed by atoms with E-state index in [1.54, 1.807) is 0 Å². The molecule has 0 radical (unpaired) electrons. The third-order valence-corrected chi connectivity index (χ3v) is 2.90. The van der Waals surface area contributed by atoms with E-state index in [1.807, 2.05) is 0 Å². The SMILES string of the molecule is Cc1cc(Nc2c(C(=O)O)cccc2[N+](=O)[O-])ccc1F. The van der Waals surface area contributed by atoms with Gasteiger partial charge in [-0.1, -0.05) is 6.07 Å². The summed E-state index contributed by atoms with van der Waals surface area (Å²) in [6.45, 7) is 1.54. The number of benzene rings is 2. The number of halogens is 1. The van der Waals surface area contributed by atoms with Crippen LogP contribution in [0.4, 0.5) is 21.5 Å². The van der Waals surface area contributed by atoms with Gasteiger partial charge in [-0.3, -0.25) is 10.1 Å². The Labute approximate surface area is 119 Å². The Hall–Kier alpha value is -2.96. The predicted molar refractivity (Wildman–Crippen MR) is 74.5 cm³/mol. The van der Waals surface area contributed by atoms with Crippen LogP contribution in [0.5, 0.6) is 0 Å². The number of anilines is 2. The molecule has 0 bridgehead atoms. The predicted octanol–water partition coefficient (Wildman–Crippen LogP) is 3.48. The molecule has 2 aromatic carbocycles. The number of rotatable bonds is 4. The van der Waals surface area contributed by atoms with Crippen LogP contribution in [0, 0.1) is 22.9 Å². The highest BCUT2D eigenvalue weighted by Gasteiger charge is 2.21. The van der Waals surface area contributed by atoms with Crippen molar-refractivity contribution in [2.45, 2.75) is 6.92 Å². The molecule has 2 aromatic rings. The average Bonchev–Trinajstić information content (AvgIpc) is 2.42. The lowest BCUT2D eigenvalue weighted by Crippen LogP contribution is -2.06. The van der Waals surface area contributed by atoms with E-state index in [4.69, 9.17) is 5.11 Å². The zero-order valence-corrected chi connectivity index (χ0v) is 11.0. The second-order valence-corrected chi connectivity index (χ2v) is 4.35. The molecule has 0 aliphatic carbocycles. The second kappa shape index (κ2) is 5.58. The van der Waals surface area contributed by atoms with Gasteiger partial charge in [-0.2, -0.15) is 0 Å². The summed E-state index contributed by atoms with van der Waals surface area (Å²) in [5, 5.41) is 22.8. The number of hydrogen-bond acceptors (Lipinski definition) is 4. The normalized spacial score (nSPS) is 10.2. The second-order valence-electron chi connectivity index (χ2n) is 4.35. The summed E-state index contributed by atoms with van der Waals surface area (Å²) >= 11 is 0. The van der Waals surface area contributed by atoms with Crippen LogP contribution in [0.2, 0.25) is 0 Å². The fourth-order valence-corrected chi connectivity index (χ4v) is 1.87. The number of nitro benzene ring substituents is 1. The number of carboxylic acids is 1. The van der Waals surface area contributed by atoms with Crippen molar-refractivity contribution in [2.24, 2.45) is 0 Å². The molecule has 0 aliphatic rings. The number of hydrogen-bond donors (Lipinski definition) is 2. The maximum absolute atomic E-state index is 13.2. The van der Waals surface area contributed by atoms with E-state index in [1.165, 1.54) is 43.3 Å². The molecule has 0 atom stereocenters. The summed E-state index contributed by atoms with van der Waals surface area (Å²) in [5.74, 6) is -1.71. The Bertz CT molecular complexity index is 699. The van der Waals surface area contributed by atoms with E-state index >= 15 is 0 Å². The van der Waals surface area contributed by atoms with Crippen LogP contribution >= 0.6 is 0 Å². The van der Waals surface area contributed by atoms with Gasteiger partial charge in [0, 0.05) is 11.8 Å². The Morgan fingerprint density at radius 3 is 2.62 bits per heavy atom. The summed E-state index contributed by atoms with van der Waals surface area (Å²) in [7, 11) is 0. The van der Waals surface area contributed by atoms with Crippen LogP contribution in [0.15, 0.2) is 36.4 Å². The Balaban J connectivity index is 2.53. The van der Waals surface area contributed by atoms with E-state index in [9.17, 15) is 19.3 Å². The van der Waals surface area contributed by atoms with Crippen LogP contribution in [0.25, 0.3) is 0 Å². The van der Waals surface area contributed by atoms with Crippen LogP contribution in [0.1, 0.15) is 15.9 Å². The van der Waals surface area contributed by atoms with Crippen molar-refractivity contribution in [2.75, 3.05) is 5.32 Å². The van der Waals surface area contributed by atoms with Gasteiger partial charge in [-0.05, 0) is 36.8 Å². The number of aromatic carboxylic acids is 1. The molecule has 21 heavy (non-hydrogen) atoms. The van der Waals surface area contributed by atoms with E-state index in [0.717, 1.165) is 0 Å². The molecule has 2 rings (SSSR count). The molecule has 2 N–H and O–H groups in total. The van der Waals surface area contributed by atoms with Gasteiger partial charge in [-0.15, -0.1) is 0 Å². The first-order valence-corrected chi connectivity index (χ1v) is 5.94. The molecule has 0 amide bonds. The highest BCUT2D eigenvalue weighted by atomic mass is 19.1. The molecule has 6 nitrogen and oxygen atoms in total. The third-order valence-electron chi connectivity index (χ3n) is 2.90. The monoisotopic (exact) mass is 290 g/mol. The van der Waals surface area contributed by atoms with E-state index in [-0.39, 0.29) is 16.9 Å². The van der Waals surface area contributed by atoms with Gasteiger partial charge < -0.3 is 10.4 Å². The molecular weight excluding hydrogens is 279 g/mol. The first-order chi connectivity index (χ1) is 9.90. The maximum atomic E-state index is 13.2. The molecule has 0 saturated heterocycles. The van der Waals surface area contributed by atoms with Gasteiger partial charge in [0.05, 0.1) is 10.5 Å². The molecular formula is C14H11FN2O4. The summed E-state index contributed by atoms with van der Waals surface area (Å²) in [6.07, 6.45) is 0. The number of carbonyl (C=O) groups is 1. The Morgan fingerprint density at radius 2 is 2.05 bits per heavy atom. The van der Waals surface area contributed by atoms with Crippen molar-refractivity contribution in [3.8, 4) is 0 Å². The van der Waals surface area contributed by atoms with E-state index < -0.39 is 16.7 Å². The molecule has 0 heterocycles. The number of carboxylic acid groups (broad SMARTS) is 1. The standard InChI is InChI=1S/C14H11FN2O4/c1-8-7-9(5-6-11(8)15)16-13-10(14(18)19)3-2-4-12(13)17(20)21/h2-7,16H,1H3,(H,18,19).